The van der Waals surface area contributed by atoms with Gasteiger partial charge in [-0.25, -0.2) is 0 Å². The van der Waals surface area contributed by atoms with Crippen LogP contribution in [-0.2, 0) is 6.54 Å². The Bertz CT molecular complexity index is 435. The van der Waals surface area contributed by atoms with Crippen LogP contribution in [0.3, 0.4) is 0 Å². The number of aromatic nitrogens is 1. The van der Waals surface area contributed by atoms with Crippen molar-refractivity contribution in [3.05, 3.63) is 29.6 Å². The van der Waals surface area contributed by atoms with Crippen LogP contribution in [0.4, 0.5) is 0 Å². The molecule has 0 spiro atoms. The fraction of sp³-hybridized carbons (Fsp3) is 0.538. The summed E-state index contributed by atoms with van der Waals surface area (Å²) >= 11 is 0. The smallest absolute Gasteiger partial charge is 0.142 e. The number of amidine groups is 1. The minimum Gasteiger partial charge on any atom is -0.395 e. The van der Waals surface area contributed by atoms with E-state index in [-0.39, 0.29) is 18.5 Å². The molecule has 1 saturated heterocycles. The Morgan fingerprint density at radius 2 is 2.44 bits per heavy atom. The lowest BCUT2D eigenvalue weighted by atomic mass is 10.0. The Morgan fingerprint density at radius 1 is 1.67 bits per heavy atom. The number of nitrogen functional groups attached to an aromatic ring is 1. The van der Waals surface area contributed by atoms with Gasteiger partial charge >= 0.3 is 0 Å². The number of nitrogens with zero attached hydrogens (tertiary/aromatic N) is 2. The largest absolute Gasteiger partial charge is 0.395 e. The lowest BCUT2D eigenvalue weighted by Gasteiger charge is -2.25. The molecule has 1 aliphatic heterocycles. The predicted molar refractivity (Wildman–Crippen MR) is 70.3 cm³/mol. The van der Waals surface area contributed by atoms with Crippen molar-refractivity contribution < 1.29 is 5.11 Å². The van der Waals surface area contributed by atoms with Crippen LogP contribution >= 0.6 is 0 Å². The fourth-order valence-electron chi connectivity index (χ4n) is 2.61. The van der Waals surface area contributed by atoms with E-state index in [9.17, 15) is 5.11 Å². The summed E-state index contributed by atoms with van der Waals surface area (Å²) in [6.07, 6.45) is 2.75. The van der Waals surface area contributed by atoms with Crippen molar-refractivity contribution in [2.45, 2.75) is 25.9 Å². The SMILES string of the molecule is CC1CCN(Cc2cccnc2C(=N)N)C1CO. The number of hydrogen-bond donors (Lipinski definition) is 3. The Morgan fingerprint density at radius 3 is 3.11 bits per heavy atom. The van der Waals surface area contributed by atoms with Crippen LogP contribution in [0.25, 0.3) is 0 Å². The normalized spacial score (nSPS) is 24.3. The number of nitrogens with two attached hydrogens (primary N) is 1. The minimum absolute atomic E-state index is 0.00149. The van der Waals surface area contributed by atoms with Crippen molar-refractivity contribution in [3.8, 4) is 0 Å². The lowest BCUT2D eigenvalue weighted by Crippen LogP contribution is -2.35. The summed E-state index contributed by atoms with van der Waals surface area (Å²) in [7, 11) is 0. The molecule has 1 aromatic rings. The number of hydrogen-bond acceptors (Lipinski definition) is 4. The van der Waals surface area contributed by atoms with Gasteiger partial charge in [0.1, 0.15) is 11.5 Å². The average molecular weight is 248 g/mol. The third-order valence-electron chi connectivity index (χ3n) is 3.70. The lowest BCUT2D eigenvalue weighted by molar-refractivity contribution is 0.134. The predicted octanol–water partition coefficient (Wildman–Crippen LogP) is 0.568. The maximum Gasteiger partial charge on any atom is 0.142 e. The molecule has 0 bridgehead atoms. The number of nitrogens with one attached hydrogen (secondary N) is 1. The highest BCUT2D eigenvalue weighted by Crippen LogP contribution is 2.25. The van der Waals surface area contributed by atoms with Gasteiger partial charge in [0.05, 0.1) is 6.61 Å². The van der Waals surface area contributed by atoms with Crippen LogP contribution in [0.2, 0.25) is 0 Å². The molecule has 2 atom stereocenters. The Hall–Kier alpha value is -1.46. The molecule has 2 rings (SSSR count). The molecule has 1 aliphatic rings. The first-order valence-electron chi connectivity index (χ1n) is 6.26. The molecular weight excluding hydrogens is 228 g/mol. The van der Waals surface area contributed by atoms with E-state index in [4.69, 9.17) is 11.1 Å². The molecule has 0 saturated carbocycles. The summed E-state index contributed by atoms with van der Waals surface area (Å²) < 4.78 is 0. The summed E-state index contributed by atoms with van der Waals surface area (Å²) in [6, 6.07) is 4.00. The molecule has 18 heavy (non-hydrogen) atoms. The van der Waals surface area contributed by atoms with Crippen molar-refractivity contribution in [1.82, 2.24) is 9.88 Å². The molecule has 4 N–H and O–H groups in total. The van der Waals surface area contributed by atoms with Gasteiger partial charge in [-0.2, -0.15) is 0 Å². The average Bonchev–Trinajstić information content (AvgIpc) is 2.70. The van der Waals surface area contributed by atoms with Gasteiger partial charge in [-0.3, -0.25) is 15.3 Å². The molecule has 1 fully saturated rings. The van der Waals surface area contributed by atoms with E-state index in [2.05, 4.69) is 16.8 Å². The van der Waals surface area contributed by atoms with Gasteiger partial charge in [-0.05, 0) is 30.5 Å². The molecule has 98 valence electrons. The highest BCUT2D eigenvalue weighted by molar-refractivity contribution is 5.94. The maximum atomic E-state index is 9.44. The van der Waals surface area contributed by atoms with Crippen LogP contribution in [0.15, 0.2) is 18.3 Å². The summed E-state index contributed by atoms with van der Waals surface area (Å²) in [5.74, 6) is 0.505. The third kappa shape index (κ3) is 2.52. The minimum atomic E-state index is -0.00149. The van der Waals surface area contributed by atoms with Crippen molar-refractivity contribution in [3.63, 3.8) is 0 Å². The first-order chi connectivity index (χ1) is 8.63. The first kappa shape index (κ1) is 13.0. The fourth-order valence-corrected chi connectivity index (χ4v) is 2.61. The van der Waals surface area contributed by atoms with E-state index in [0.29, 0.717) is 18.2 Å². The zero-order valence-electron chi connectivity index (χ0n) is 10.6. The van der Waals surface area contributed by atoms with Gasteiger partial charge in [-0.15, -0.1) is 0 Å². The van der Waals surface area contributed by atoms with Gasteiger partial charge in [0.2, 0.25) is 0 Å². The molecule has 0 aliphatic carbocycles. The summed E-state index contributed by atoms with van der Waals surface area (Å²) in [4.78, 5) is 6.40. The maximum absolute atomic E-state index is 9.44. The molecular formula is C13H20N4O. The Labute approximate surface area is 107 Å². The van der Waals surface area contributed by atoms with E-state index in [1.165, 1.54) is 0 Å². The molecule has 0 amide bonds. The van der Waals surface area contributed by atoms with Crippen LogP contribution in [0.1, 0.15) is 24.6 Å². The van der Waals surface area contributed by atoms with Crippen molar-refractivity contribution in [1.29, 1.82) is 5.41 Å². The molecule has 1 aromatic heterocycles. The zero-order valence-corrected chi connectivity index (χ0v) is 10.6. The quantitative estimate of drug-likeness (QED) is 0.537. The number of aliphatic hydroxyl groups excluding tert-OH is 1. The van der Waals surface area contributed by atoms with E-state index in [1.54, 1.807) is 6.20 Å². The number of likely N-dealkylation sites (tertiary alicyclic amines) is 1. The number of rotatable bonds is 4. The topological polar surface area (TPSA) is 86.2 Å². The van der Waals surface area contributed by atoms with Crippen LogP contribution in [-0.4, -0.2) is 40.0 Å². The summed E-state index contributed by atoms with van der Waals surface area (Å²) in [6.45, 7) is 4.00. The van der Waals surface area contributed by atoms with Gasteiger partial charge in [0.25, 0.3) is 0 Å². The van der Waals surface area contributed by atoms with Crippen molar-refractivity contribution in [2.75, 3.05) is 13.2 Å². The molecule has 2 unspecified atom stereocenters. The van der Waals surface area contributed by atoms with Gasteiger partial charge in [0, 0.05) is 18.8 Å². The summed E-state index contributed by atoms with van der Waals surface area (Å²) in [5.41, 5.74) is 7.04. The van der Waals surface area contributed by atoms with Crippen molar-refractivity contribution in [2.24, 2.45) is 11.7 Å². The highest BCUT2D eigenvalue weighted by atomic mass is 16.3. The zero-order chi connectivity index (χ0) is 13.1. The molecule has 0 aromatic carbocycles. The molecule has 2 heterocycles. The second-order valence-electron chi connectivity index (χ2n) is 4.91. The second kappa shape index (κ2) is 5.46. The Balaban J connectivity index is 2.17. The summed E-state index contributed by atoms with van der Waals surface area (Å²) in [5, 5.41) is 17.0. The van der Waals surface area contributed by atoms with E-state index in [0.717, 1.165) is 18.5 Å². The highest BCUT2D eigenvalue weighted by Gasteiger charge is 2.30. The van der Waals surface area contributed by atoms with Gasteiger partial charge in [0.15, 0.2) is 0 Å². The molecule has 5 nitrogen and oxygen atoms in total. The van der Waals surface area contributed by atoms with E-state index < -0.39 is 0 Å². The number of pyridine rings is 1. The third-order valence-corrected chi connectivity index (χ3v) is 3.70. The number of aliphatic hydroxyl groups is 1. The van der Waals surface area contributed by atoms with E-state index >= 15 is 0 Å². The Kier molecular flexibility index (Phi) is 3.93. The van der Waals surface area contributed by atoms with Crippen LogP contribution < -0.4 is 5.73 Å². The van der Waals surface area contributed by atoms with E-state index in [1.807, 2.05) is 12.1 Å². The van der Waals surface area contributed by atoms with Crippen LogP contribution in [0, 0.1) is 11.3 Å². The van der Waals surface area contributed by atoms with Crippen LogP contribution in [0.5, 0.6) is 0 Å². The second-order valence-corrected chi connectivity index (χ2v) is 4.91. The molecule has 0 radical (unpaired) electrons. The van der Waals surface area contributed by atoms with Crippen molar-refractivity contribution >= 4 is 5.84 Å². The standard InChI is InChI=1S/C13H20N4O/c1-9-4-6-17(11(9)8-18)7-10-3-2-5-16-12(10)13(14)15/h2-3,5,9,11,18H,4,6-8H2,1H3,(H3,14,15). The first-order valence-corrected chi connectivity index (χ1v) is 6.26. The monoisotopic (exact) mass is 248 g/mol. The van der Waals surface area contributed by atoms with Gasteiger partial charge in [-0.1, -0.05) is 13.0 Å². The van der Waals surface area contributed by atoms with Gasteiger partial charge < -0.3 is 10.8 Å². The molecule has 5 heteroatoms.